The number of likely N-dealkylation sites (tertiary alicyclic amines) is 1. The van der Waals surface area contributed by atoms with Crippen LogP contribution in [0.15, 0.2) is 22.6 Å². The Morgan fingerprint density at radius 2 is 2.24 bits per heavy atom. The molecule has 1 aromatic heterocycles. The van der Waals surface area contributed by atoms with E-state index in [0.717, 1.165) is 36.4 Å². The van der Waals surface area contributed by atoms with Gasteiger partial charge in [-0.15, -0.1) is 11.3 Å². The first-order valence-corrected chi connectivity index (χ1v) is 10.6. The SMILES string of the molecule is CCCCC(CC)N=C(P)N1CC(Oc2cc(C)cc3scnc23)C1. The molecule has 25 heavy (non-hydrogen) atoms. The van der Waals surface area contributed by atoms with Crippen LogP contribution in [0.3, 0.4) is 0 Å². The number of aliphatic imine (C=N–C) groups is 1. The third-order valence-electron chi connectivity index (χ3n) is 4.69. The molecule has 136 valence electrons. The summed E-state index contributed by atoms with van der Waals surface area (Å²) >= 11 is 1.67. The summed E-state index contributed by atoms with van der Waals surface area (Å²) in [6, 6.07) is 4.71. The molecule has 1 aromatic carbocycles. The highest BCUT2D eigenvalue weighted by molar-refractivity contribution is 7.40. The number of ether oxygens (including phenoxy) is 1. The molecular formula is C19H28N3OPS. The number of aryl methyl sites for hydroxylation is 1. The van der Waals surface area contributed by atoms with Crippen molar-refractivity contribution in [1.82, 2.24) is 9.88 Å². The van der Waals surface area contributed by atoms with Crippen LogP contribution in [-0.2, 0) is 0 Å². The zero-order valence-corrected chi connectivity index (χ0v) is 17.3. The number of rotatable bonds is 7. The molecule has 0 amide bonds. The molecule has 1 saturated heterocycles. The number of hydrogen-bond acceptors (Lipinski definition) is 4. The average molecular weight is 377 g/mol. The van der Waals surface area contributed by atoms with Gasteiger partial charge < -0.3 is 9.64 Å². The van der Waals surface area contributed by atoms with E-state index in [1.165, 1.54) is 29.5 Å². The fourth-order valence-corrected chi connectivity index (χ4v) is 4.32. The lowest BCUT2D eigenvalue weighted by atomic mass is 10.1. The Morgan fingerprint density at radius 3 is 2.96 bits per heavy atom. The molecule has 0 radical (unpaired) electrons. The number of hydrogen-bond donors (Lipinski definition) is 0. The van der Waals surface area contributed by atoms with Crippen LogP contribution < -0.4 is 4.74 Å². The largest absolute Gasteiger partial charge is 0.484 e. The summed E-state index contributed by atoms with van der Waals surface area (Å²) in [4.78, 5) is 11.6. The highest BCUT2D eigenvalue weighted by Gasteiger charge is 2.30. The number of unbranched alkanes of at least 4 members (excludes halogenated alkanes) is 1. The van der Waals surface area contributed by atoms with Crippen molar-refractivity contribution >= 4 is 36.4 Å². The topological polar surface area (TPSA) is 37.7 Å². The van der Waals surface area contributed by atoms with Gasteiger partial charge in [-0.25, -0.2) is 4.98 Å². The molecule has 0 saturated carbocycles. The first-order chi connectivity index (χ1) is 12.1. The summed E-state index contributed by atoms with van der Waals surface area (Å²) in [5.74, 6) is 0.914. The van der Waals surface area contributed by atoms with Crippen LogP contribution in [0.5, 0.6) is 5.75 Å². The fourth-order valence-electron chi connectivity index (χ4n) is 3.10. The van der Waals surface area contributed by atoms with E-state index in [2.05, 4.69) is 52.0 Å². The zero-order valence-electron chi connectivity index (χ0n) is 15.4. The highest BCUT2D eigenvalue weighted by atomic mass is 32.1. The van der Waals surface area contributed by atoms with Crippen LogP contribution in [-0.4, -0.2) is 40.7 Å². The Balaban J connectivity index is 1.57. The average Bonchev–Trinajstić information content (AvgIpc) is 3.02. The maximum Gasteiger partial charge on any atom is 0.147 e. The summed E-state index contributed by atoms with van der Waals surface area (Å²) in [6.45, 7) is 8.35. The quantitative estimate of drug-likeness (QED) is 0.393. The number of fused-ring (bicyclic) bond motifs is 1. The predicted octanol–water partition coefficient (Wildman–Crippen LogP) is 4.87. The fraction of sp³-hybridized carbons (Fsp3) is 0.579. The van der Waals surface area contributed by atoms with E-state index in [9.17, 15) is 0 Å². The highest BCUT2D eigenvalue weighted by Crippen LogP contribution is 2.31. The van der Waals surface area contributed by atoms with E-state index in [0.29, 0.717) is 6.04 Å². The molecule has 2 aromatic rings. The van der Waals surface area contributed by atoms with Crippen molar-refractivity contribution in [3.63, 3.8) is 0 Å². The van der Waals surface area contributed by atoms with E-state index in [1.807, 2.05) is 5.51 Å². The monoisotopic (exact) mass is 377 g/mol. The van der Waals surface area contributed by atoms with Crippen LogP contribution in [0.2, 0.25) is 0 Å². The van der Waals surface area contributed by atoms with Gasteiger partial charge in [-0.1, -0.05) is 35.9 Å². The maximum atomic E-state index is 6.22. The lowest BCUT2D eigenvalue weighted by Gasteiger charge is -2.40. The minimum atomic E-state index is 0.216. The van der Waals surface area contributed by atoms with Crippen molar-refractivity contribution in [2.45, 2.75) is 58.6 Å². The molecular weight excluding hydrogens is 349 g/mol. The second-order valence-electron chi connectivity index (χ2n) is 6.80. The number of aromatic nitrogens is 1. The normalized spacial score (nSPS) is 17.0. The third kappa shape index (κ3) is 4.51. The second-order valence-corrected chi connectivity index (χ2v) is 8.20. The molecule has 0 N–H and O–H groups in total. The Labute approximate surface area is 156 Å². The van der Waals surface area contributed by atoms with Gasteiger partial charge in [0, 0.05) is 0 Å². The number of benzene rings is 1. The zero-order chi connectivity index (χ0) is 17.8. The van der Waals surface area contributed by atoms with Gasteiger partial charge in [-0.05, 0) is 37.5 Å². The molecule has 1 fully saturated rings. The minimum Gasteiger partial charge on any atom is -0.484 e. The van der Waals surface area contributed by atoms with Crippen LogP contribution in [0.1, 0.15) is 45.1 Å². The van der Waals surface area contributed by atoms with E-state index < -0.39 is 0 Å². The second kappa shape index (κ2) is 8.46. The number of nitrogens with zero attached hydrogens (tertiary/aromatic N) is 3. The van der Waals surface area contributed by atoms with Crippen molar-refractivity contribution in [3.05, 3.63) is 23.2 Å². The van der Waals surface area contributed by atoms with E-state index in [-0.39, 0.29) is 6.10 Å². The van der Waals surface area contributed by atoms with Crippen LogP contribution in [0, 0.1) is 6.92 Å². The molecule has 1 aliphatic heterocycles. The lowest BCUT2D eigenvalue weighted by molar-refractivity contribution is 0.0707. The van der Waals surface area contributed by atoms with Crippen molar-refractivity contribution < 1.29 is 4.74 Å². The molecule has 4 nitrogen and oxygen atoms in total. The summed E-state index contributed by atoms with van der Waals surface area (Å²) in [7, 11) is 2.81. The first-order valence-electron chi connectivity index (χ1n) is 9.19. The first kappa shape index (κ1) is 18.6. The third-order valence-corrected chi connectivity index (χ3v) is 5.98. The number of thiazole rings is 1. The molecule has 2 atom stereocenters. The molecule has 0 spiro atoms. The van der Waals surface area contributed by atoms with Gasteiger partial charge in [-0.3, -0.25) is 4.99 Å². The summed E-state index contributed by atoms with van der Waals surface area (Å²) < 4.78 is 7.41. The maximum absolute atomic E-state index is 6.22. The van der Waals surface area contributed by atoms with Gasteiger partial charge in [0.25, 0.3) is 0 Å². The molecule has 1 aliphatic rings. The molecule has 6 heteroatoms. The lowest BCUT2D eigenvalue weighted by Crippen LogP contribution is -2.55. The standard InChI is InChI=1S/C19H28N3OPS/c1-4-6-7-14(5-2)21-19(24)22-10-15(11-22)23-16-8-13(3)9-17-18(16)20-12-25-17/h8-9,12,14-15H,4-7,10-11,24H2,1-3H3. The Bertz CT molecular complexity index is 739. The Kier molecular flexibility index (Phi) is 6.29. The van der Waals surface area contributed by atoms with Crippen molar-refractivity contribution in [1.29, 1.82) is 0 Å². The summed E-state index contributed by atoms with van der Waals surface area (Å²) in [5, 5.41) is 0. The van der Waals surface area contributed by atoms with Crippen molar-refractivity contribution in [2.24, 2.45) is 4.99 Å². The van der Waals surface area contributed by atoms with E-state index >= 15 is 0 Å². The van der Waals surface area contributed by atoms with E-state index in [1.54, 1.807) is 11.3 Å². The van der Waals surface area contributed by atoms with Crippen molar-refractivity contribution in [2.75, 3.05) is 13.1 Å². The summed E-state index contributed by atoms with van der Waals surface area (Å²) in [6.07, 6.45) is 5.00. The summed E-state index contributed by atoms with van der Waals surface area (Å²) in [5.41, 5.74) is 5.17. The predicted molar refractivity (Wildman–Crippen MR) is 111 cm³/mol. The van der Waals surface area contributed by atoms with Gasteiger partial charge in [-0.2, -0.15) is 0 Å². The molecule has 2 heterocycles. The van der Waals surface area contributed by atoms with E-state index in [4.69, 9.17) is 9.73 Å². The van der Waals surface area contributed by atoms with Crippen LogP contribution in [0.25, 0.3) is 10.2 Å². The minimum absolute atomic E-state index is 0.216. The molecule has 2 unspecified atom stereocenters. The Morgan fingerprint density at radius 1 is 1.44 bits per heavy atom. The van der Waals surface area contributed by atoms with Gasteiger partial charge >= 0.3 is 0 Å². The van der Waals surface area contributed by atoms with Crippen LogP contribution >= 0.6 is 20.6 Å². The molecule has 3 rings (SSSR count). The van der Waals surface area contributed by atoms with Crippen molar-refractivity contribution in [3.8, 4) is 5.75 Å². The Hall–Kier alpha value is -1.19. The van der Waals surface area contributed by atoms with Gasteiger partial charge in [0.1, 0.15) is 22.9 Å². The van der Waals surface area contributed by atoms with Gasteiger partial charge in [0.05, 0.1) is 29.3 Å². The number of amidine groups is 1. The molecule has 0 bridgehead atoms. The van der Waals surface area contributed by atoms with Gasteiger partial charge in [0.15, 0.2) is 0 Å². The smallest absolute Gasteiger partial charge is 0.147 e. The van der Waals surface area contributed by atoms with Crippen LogP contribution in [0.4, 0.5) is 0 Å². The molecule has 0 aliphatic carbocycles. The van der Waals surface area contributed by atoms with Gasteiger partial charge in [0.2, 0.25) is 0 Å².